The molecule has 3 aromatic carbocycles. The van der Waals surface area contributed by atoms with Gasteiger partial charge in [0.15, 0.2) is 0 Å². The van der Waals surface area contributed by atoms with Crippen molar-refractivity contribution >= 4 is 23.2 Å². The summed E-state index contributed by atoms with van der Waals surface area (Å²) in [7, 11) is 0. The van der Waals surface area contributed by atoms with Crippen LogP contribution in [0.1, 0.15) is 31.8 Å². The predicted molar refractivity (Wildman–Crippen MR) is 105 cm³/mol. The third-order valence-electron chi connectivity index (χ3n) is 4.28. The summed E-state index contributed by atoms with van der Waals surface area (Å²) in [6.07, 6.45) is 0. The van der Waals surface area contributed by atoms with E-state index in [0.29, 0.717) is 33.6 Å². The van der Waals surface area contributed by atoms with E-state index in [1.165, 1.54) is 18.2 Å². The van der Waals surface area contributed by atoms with Crippen LogP contribution in [0.15, 0.2) is 66.7 Å². The summed E-state index contributed by atoms with van der Waals surface area (Å²) in [5, 5.41) is 5.62. The first-order valence-corrected chi connectivity index (χ1v) is 8.49. The standard InChI is InChI=1S/C22H19FN2O2/c1-14-13-16(11-12-19(14)23)21(26)25-20-10-6-9-18(15(20)2)22(27)24-17-7-4-3-5-8-17/h3-13H,1-2H3,(H,24,27)(H,25,26). The van der Waals surface area contributed by atoms with Gasteiger partial charge in [-0.3, -0.25) is 9.59 Å². The molecule has 2 amide bonds. The molecular formula is C22H19FN2O2. The number of rotatable bonds is 4. The Hall–Kier alpha value is -3.47. The predicted octanol–water partition coefficient (Wildman–Crippen LogP) is 4.95. The minimum atomic E-state index is -0.359. The first-order valence-electron chi connectivity index (χ1n) is 8.49. The Morgan fingerprint density at radius 2 is 1.56 bits per heavy atom. The highest BCUT2D eigenvalue weighted by Crippen LogP contribution is 2.21. The van der Waals surface area contributed by atoms with Crippen molar-refractivity contribution < 1.29 is 14.0 Å². The van der Waals surface area contributed by atoms with Gasteiger partial charge in [-0.15, -0.1) is 0 Å². The number of nitrogens with one attached hydrogen (secondary N) is 2. The van der Waals surface area contributed by atoms with Crippen LogP contribution in [-0.2, 0) is 0 Å². The number of benzene rings is 3. The van der Waals surface area contributed by atoms with E-state index in [-0.39, 0.29) is 17.6 Å². The van der Waals surface area contributed by atoms with Crippen molar-refractivity contribution in [3.05, 3.63) is 94.8 Å². The molecule has 0 aliphatic heterocycles. The second-order valence-electron chi connectivity index (χ2n) is 6.22. The average Bonchev–Trinajstić information content (AvgIpc) is 2.66. The second-order valence-corrected chi connectivity index (χ2v) is 6.22. The van der Waals surface area contributed by atoms with Gasteiger partial charge in [0.25, 0.3) is 11.8 Å². The molecule has 0 fully saturated rings. The SMILES string of the molecule is Cc1cc(C(=O)Nc2cccc(C(=O)Nc3ccccc3)c2C)ccc1F. The van der Waals surface area contributed by atoms with Gasteiger partial charge in [-0.25, -0.2) is 4.39 Å². The lowest BCUT2D eigenvalue weighted by atomic mass is 10.0. The van der Waals surface area contributed by atoms with Crippen molar-refractivity contribution in [1.82, 2.24) is 0 Å². The molecule has 0 aliphatic carbocycles. The summed E-state index contributed by atoms with van der Waals surface area (Å²) < 4.78 is 13.4. The fourth-order valence-electron chi connectivity index (χ4n) is 2.72. The molecule has 0 saturated heterocycles. The van der Waals surface area contributed by atoms with Crippen molar-refractivity contribution in [3.63, 3.8) is 0 Å². The van der Waals surface area contributed by atoms with Crippen LogP contribution in [0.2, 0.25) is 0 Å². The zero-order valence-corrected chi connectivity index (χ0v) is 15.0. The lowest BCUT2D eigenvalue weighted by molar-refractivity contribution is 0.101. The fourth-order valence-corrected chi connectivity index (χ4v) is 2.72. The van der Waals surface area contributed by atoms with E-state index < -0.39 is 0 Å². The molecule has 2 N–H and O–H groups in total. The lowest BCUT2D eigenvalue weighted by Crippen LogP contribution is -2.17. The molecule has 0 spiro atoms. The van der Waals surface area contributed by atoms with Crippen LogP contribution in [0, 0.1) is 19.7 Å². The Morgan fingerprint density at radius 3 is 2.26 bits per heavy atom. The number of hydrogen-bond donors (Lipinski definition) is 2. The molecule has 0 saturated carbocycles. The Morgan fingerprint density at radius 1 is 0.815 bits per heavy atom. The Kier molecular flexibility index (Phi) is 5.31. The van der Waals surface area contributed by atoms with Crippen molar-refractivity contribution in [2.75, 3.05) is 10.6 Å². The molecular weight excluding hydrogens is 343 g/mol. The Bertz CT molecular complexity index is 1000. The zero-order chi connectivity index (χ0) is 19.4. The smallest absolute Gasteiger partial charge is 0.256 e. The normalized spacial score (nSPS) is 10.3. The van der Waals surface area contributed by atoms with Crippen molar-refractivity contribution in [2.45, 2.75) is 13.8 Å². The summed E-state index contributed by atoms with van der Waals surface area (Å²) in [5.41, 5.74) is 3.09. The molecule has 4 nitrogen and oxygen atoms in total. The van der Waals surface area contributed by atoms with Gasteiger partial charge in [0, 0.05) is 22.5 Å². The number of halogens is 1. The van der Waals surface area contributed by atoms with E-state index in [0.717, 1.165) is 0 Å². The first kappa shape index (κ1) is 18.3. The number of carbonyl (C=O) groups excluding carboxylic acids is 2. The van der Waals surface area contributed by atoms with Gasteiger partial charge >= 0.3 is 0 Å². The summed E-state index contributed by atoms with van der Waals surface area (Å²) >= 11 is 0. The first-order chi connectivity index (χ1) is 13.0. The van der Waals surface area contributed by atoms with E-state index in [1.54, 1.807) is 44.2 Å². The maximum absolute atomic E-state index is 13.4. The van der Waals surface area contributed by atoms with Crippen molar-refractivity contribution in [3.8, 4) is 0 Å². The maximum atomic E-state index is 13.4. The van der Waals surface area contributed by atoms with Crippen LogP contribution in [0.25, 0.3) is 0 Å². The summed E-state index contributed by atoms with van der Waals surface area (Å²) in [5.74, 6) is -0.975. The lowest BCUT2D eigenvalue weighted by Gasteiger charge is -2.13. The largest absolute Gasteiger partial charge is 0.322 e. The summed E-state index contributed by atoms with van der Waals surface area (Å²) in [6, 6.07) is 18.5. The minimum absolute atomic E-state index is 0.257. The highest BCUT2D eigenvalue weighted by molar-refractivity contribution is 6.08. The molecule has 0 aliphatic rings. The highest BCUT2D eigenvalue weighted by Gasteiger charge is 2.15. The van der Waals surface area contributed by atoms with Crippen LogP contribution in [0.4, 0.5) is 15.8 Å². The molecule has 3 aromatic rings. The third kappa shape index (κ3) is 4.20. The molecule has 0 radical (unpaired) electrons. The molecule has 136 valence electrons. The van der Waals surface area contributed by atoms with Crippen molar-refractivity contribution in [1.29, 1.82) is 0 Å². The fraction of sp³-hybridized carbons (Fsp3) is 0.0909. The Balaban J connectivity index is 1.81. The van der Waals surface area contributed by atoms with Crippen LogP contribution in [0.5, 0.6) is 0 Å². The van der Waals surface area contributed by atoms with Gasteiger partial charge in [0.1, 0.15) is 5.82 Å². The number of hydrogen-bond acceptors (Lipinski definition) is 2. The minimum Gasteiger partial charge on any atom is -0.322 e. The molecule has 0 unspecified atom stereocenters. The molecule has 0 aromatic heterocycles. The number of para-hydroxylation sites is 1. The number of carbonyl (C=O) groups is 2. The van der Waals surface area contributed by atoms with Gasteiger partial charge in [-0.1, -0.05) is 24.3 Å². The molecule has 3 rings (SSSR count). The molecule has 0 heterocycles. The average molecular weight is 362 g/mol. The highest BCUT2D eigenvalue weighted by atomic mass is 19.1. The monoisotopic (exact) mass is 362 g/mol. The van der Waals surface area contributed by atoms with Crippen LogP contribution < -0.4 is 10.6 Å². The van der Waals surface area contributed by atoms with E-state index >= 15 is 0 Å². The van der Waals surface area contributed by atoms with Crippen LogP contribution >= 0.6 is 0 Å². The van der Waals surface area contributed by atoms with Gasteiger partial charge in [0.05, 0.1) is 0 Å². The third-order valence-corrected chi connectivity index (χ3v) is 4.28. The van der Waals surface area contributed by atoms with Gasteiger partial charge in [0.2, 0.25) is 0 Å². The number of anilines is 2. The van der Waals surface area contributed by atoms with E-state index in [2.05, 4.69) is 10.6 Å². The van der Waals surface area contributed by atoms with Gasteiger partial charge in [-0.2, -0.15) is 0 Å². The van der Waals surface area contributed by atoms with E-state index in [4.69, 9.17) is 0 Å². The molecule has 0 bridgehead atoms. The second kappa shape index (κ2) is 7.83. The van der Waals surface area contributed by atoms with Gasteiger partial charge in [-0.05, 0) is 67.4 Å². The van der Waals surface area contributed by atoms with Crippen molar-refractivity contribution in [2.24, 2.45) is 0 Å². The topological polar surface area (TPSA) is 58.2 Å². The van der Waals surface area contributed by atoms with E-state index in [1.807, 2.05) is 18.2 Å². The summed E-state index contributed by atoms with van der Waals surface area (Å²) in [4.78, 5) is 25.0. The quantitative estimate of drug-likeness (QED) is 0.690. The summed E-state index contributed by atoms with van der Waals surface area (Å²) in [6.45, 7) is 3.37. The van der Waals surface area contributed by atoms with Crippen LogP contribution in [-0.4, -0.2) is 11.8 Å². The number of aryl methyl sites for hydroxylation is 1. The molecule has 0 atom stereocenters. The van der Waals surface area contributed by atoms with Gasteiger partial charge < -0.3 is 10.6 Å². The van der Waals surface area contributed by atoms with Crippen LogP contribution in [0.3, 0.4) is 0 Å². The maximum Gasteiger partial charge on any atom is 0.256 e. The molecule has 27 heavy (non-hydrogen) atoms. The molecule has 5 heteroatoms. The number of amides is 2. The zero-order valence-electron chi connectivity index (χ0n) is 15.0. The Labute approximate surface area is 157 Å². The van der Waals surface area contributed by atoms with E-state index in [9.17, 15) is 14.0 Å².